The maximum Gasteiger partial charge on any atom is 0.240 e. The third kappa shape index (κ3) is 7.45. The average Bonchev–Trinajstić information content (AvgIpc) is 3.02. The van der Waals surface area contributed by atoms with E-state index in [2.05, 4.69) is 15.0 Å². The summed E-state index contributed by atoms with van der Waals surface area (Å²) in [7, 11) is 0. The molecule has 0 radical (unpaired) electrons. The second kappa shape index (κ2) is 12.4. The van der Waals surface area contributed by atoms with Gasteiger partial charge in [-0.1, -0.05) is 5.16 Å². The highest BCUT2D eigenvalue weighted by molar-refractivity contribution is 5.85. The second-order valence-electron chi connectivity index (χ2n) is 5.69. The maximum absolute atomic E-state index is 12.0. The Morgan fingerprint density at radius 2 is 2.00 bits per heavy atom. The maximum atomic E-state index is 12.0. The van der Waals surface area contributed by atoms with E-state index in [1.807, 2.05) is 18.7 Å². The van der Waals surface area contributed by atoms with Gasteiger partial charge in [0.25, 0.3) is 0 Å². The number of hydrogen-bond acceptors (Lipinski definition) is 7. The molecule has 1 unspecified atom stereocenters. The predicted molar refractivity (Wildman–Crippen MR) is 99.0 cm³/mol. The van der Waals surface area contributed by atoms with Crippen molar-refractivity contribution in [2.45, 2.75) is 39.3 Å². The molecule has 1 saturated heterocycles. The number of carbonyl (C=O) groups is 1. The molecule has 0 aromatic carbocycles. The molecule has 2 rings (SSSR count). The number of hydrogen-bond donors (Lipinski definition) is 1. The van der Waals surface area contributed by atoms with Crippen LogP contribution in [0.1, 0.15) is 44.5 Å². The summed E-state index contributed by atoms with van der Waals surface area (Å²) in [5.74, 6) is 1.37. The SMILES string of the molecule is CCOC(C)c1noc(CN2CCN(C(=O)CCCN)CC2)n1.Cl.Cl. The van der Waals surface area contributed by atoms with E-state index in [1.165, 1.54) is 0 Å². The first-order valence-corrected chi connectivity index (χ1v) is 8.28. The zero-order valence-electron chi connectivity index (χ0n) is 14.8. The summed E-state index contributed by atoms with van der Waals surface area (Å²) < 4.78 is 10.7. The molecule has 0 bridgehead atoms. The number of ether oxygens (including phenoxy) is 1. The molecule has 146 valence electrons. The lowest BCUT2D eigenvalue weighted by Gasteiger charge is -2.34. The van der Waals surface area contributed by atoms with Crippen LogP contribution in [0.3, 0.4) is 0 Å². The van der Waals surface area contributed by atoms with Crippen molar-refractivity contribution in [2.24, 2.45) is 5.73 Å². The Morgan fingerprint density at radius 3 is 2.60 bits per heavy atom. The van der Waals surface area contributed by atoms with Gasteiger partial charge in [0.2, 0.25) is 11.8 Å². The molecule has 1 amide bonds. The molecular formula is C15H29Cl2N5O3. The van der Waals surface area contributed by atoms with Crippen molar-refractivity contribution in [3.63, 3.8) is 0 Å². The predicted octanol–water partition coefficient (Wildman–Crippen LogP) is 1.39. The number of aromatic nitrogens is 2. The molecule has 10 heteroatoms. The fraction of sp³-hybridized carbons (Fsp3) is 0.800. The molecule has 1 aromatic rings. The van der Waals surface area contributed by atoms with E-state index >= 15 is 0 Å². The Hall–Kier alpha value is -0.930. The first kappa shape index (κ1) is 24.1. The van der Waals surface area contributed by atoms with Crippen LogP contribution in [0.4, 0.5) is 0 Å². The Kier molecular flexibility index (Phi) is 12.0. The fourth-order valence-corrected chi connectivity index (χ4v) is 2.58. The van der Waals surface area contributed by atoms with E-state index in [9.17, 15) is 4.79 Å². The van der Waals surface area contributed by atoms with E-state index < -0.39 is 0 Å². The first-order chi connectivity index (χ1) is 11.1. The van der Waals surface area contributed by atoms with E-state index in [4.69, 9.17) is 15.0 Å². The van der Waals surface area contributed by atoms with Crippen LogP contribution < -0.4 is 5.73 Å². The summed E-state index contributed by atoms with van der Waals surface area (Å²) in [5, 5.41) is 3.96. The lowest BCUT2D eigenvalue weighted by molar-refractivity contribution is -0.133. The quantitative estimate of drug-likeness (QED) is 0.707. The summed E-state index contributed by atoms with van der Waals surface area (Å²) in [5.41, 5.74) is 5.45. The zero-order valence-corrected chi connectivity index (χ0v) is 16.5. The van der Waals surface area contributed by atoms with Crippen molar-refractivity contribution >= 4 is 30.7 Å². The number of nitrogens with two attached hydrogens (primary N) is 1. The summed E-state index contributed by atoms with van der Waals surface area (Å²) in [4.78, 5) is 20.5. The van der Waals surface area contributed by atoms with Gasteiger partial charge < -0.3 is 19.9 Å². The number of halogens is 2. The number of amides is 1. The molecule has 2 N–H and O–H groups in total. The minimum absolute atomic E-state index is 0. The first-order valence-electron chi connectivity index (χ1n) is 8.28. The minimum Gasteiger partial charge on any atom is -0.371 e. The fourth-order valence-electron chi connectivity index (χ4n) is 2.58. The summed E-state index contributed by atoms with van der Waals surface area (Å²) in [6.45, 7) is 8.72. The normalized spacial score (nSPS) is 16.0. The summed E-state index contributed by atoms with van der Waals surface area (Å²) in [6.07, 6.45) is 1.13. The molecule has 1 aliphatic heterocycles. The molecule has 0 spiro atoms. The Balaban J connectivity index is 0.00000288. The molecule has 1 aliphatic rings. The van der Waals surface area contributed by atoms with Crippen LogP contribution in [0.2, 0.25) is 0 Å². The average molecular weight is 398 g/mol. The van der Waals surface area contributed by atoms with Gasteiger partial charge in [0.05, 0.1) is 6.54 Å². The van der Waals surface area contributed by atoms with Gasteiger partial charge in [0.1, 0.15) is 6.10 Å². The largest absolute Gasteiger partial charge is 0.371 e. The molecule has 1 atom stereocenters. The molecule has 0 aliphatic carbocycles. The summed E-state index contributed by atoms with van der Waals surface area (Å²) in [6, 6.07) is 0. The van der Waals surface area contributed by atoms with E-state index in [0.717, 1.165) is 32.6 Å². The van der Waals surface area contributed by atoms with Crippen molar-refractivity contribution in [3.8, 4) is 0 Å². The number of nitrogens with zero attached hydrogens (tertiary/aromatic N) is 4. The lowest BCUT2D eigenvalue weighted by atomic mass is 10.2. The standard InChI is InChI=1S/C15H27N5O3.2ClH/c1-3-22-12(2)15-17-13(23-18-15)11-19-7-9-20(10-8-19)14(21)5-4-6-16;;/h12H,3-11,16H2,1-2H3;2*1H. The van der Waals surface area contributed by atoms with Crippen LogP contribution in [0.15, 0.2) is 4.52 Å². The van der Waals surface area contributed by atoms with Gasteiger partial charge in [-0.3, -0.25) is 9.69 Å². The highest BCUT2D eigenvalue weighted by Gasteiger charge is 2.22. The molecular weight excluding hydrogens is 369 g/mol. The third-order valence-corrected chi connectivity index (χ3v) is 3.94. The zero-order chi connectivity index (χ0) is 16.7. The second-order valence-corrected chi connectivity index (χ2v) is 5.69. The Bertz CT molecular complexity index is 495. The monoisotopic (exact) mass is 397 g/mol. The smallest absolute Gasteiger partial charge is 0.240 e. The molecule has 1 fully saturated rings. The molecule has 25 heavy (non-hydrogen) atoms. The lowest BCUT2D eigenvalue weighted by Crippen LogP contribution is -2.48. The van der Waals surface area contributed by atoms with Gasteiger partial charge in [-0.2, -0.15) is 4.98 Å². The van der Waals surface area contributed by atoms with Crippen LogP contribution in [-0.4, -0.2) is 65.2 Å². The van der Waals surface area contributed by atoms with Crippen LogP contribution in [0.25, 0.3) is 0 Å². The van der Waals surface area contributed by atoms with E-state index in [-0.39, 0.29) is 36.8 Å². The topological polar surface area (TPSA) is 97.7 Å². The van der Waals surface area contributed by atoms with Gasteiger partial charge in [-0.15, -0.1) is 24.8 Å². The van der Waals surface area contributed by atoms with Gasteiger partial charge in [0, 0.05) is 39.2 Å². The van der Waals surface area contributed by atoms with Gasteiger partial charge in [0.15, 0.2) is 5.82 Å². The summed E-state index contributed by atoms with van der Waals surface area (Å²) >= 11 is 0. The van der Waals surface area contributed by atoms with Gasteiger partial charge in [-0.25, -0.2) is 0 Å². The van der Waals surface area contributed by atoms with Crippen molar-refractivity contribution in [1.82, 2.24) is 19.9 Å². The Morgan fingerprint density at radius 1 is 1.32 bits per heavy atom. The molecule has 1 aromatic heterocycles. The number of carbonyl (C=O) groups excluding carboxylic acids is 1. The van der Waals surface area contributed by atoms with Crippen molar-refractivity contribution in [3.05, 3.63) is 11.7 Å². The highest BCUT2D eigenvalue weighted by Crippen LogP contribution is 2.14. The van der Waals surface area contributed by atoms with Crippen LogP contribution >= 0.6 is 24.8 Å². The van der Waals surface area contributed by atoms with Crippen molar-refractivity contribution in [2.75, 3.05) is 39.3 Å². The third-order valence-electron chi connectivity index (χ3n) is 3.94. The van der Waals surface area contributed by atoms with Crippen molar-refractivity contribution in [1.29, 1.82) is 0 Å². The van der Waals surface area contributed by atoms with Crippen molar-refractivity contribution < 1.29 is 14.1 Å². The van der Waals surface area contributed by atoms with Crippen LogP contribution in [0, 0.1) is 0 Å². The molecule has 8 nitrogen and oxygen atoms in total. The van der Waals surface area contributed by atoms with Crippen LogP contribution in [0.5, 0.6) is 0 Å². The number of rotatable bonds is 8. The van der Waals surface area contributed by atoms with Gasteiger partial charge >= 0.3 is 0 Å². The molecule has 0 saturated carbocycles. The highest BCUT2D eigenvalue weighted by atomic mass is 35.5. The van der Waals surface area contributed by atoms with Crippen LogP contribution in [-0.2, 0) is 16.1 Å². The minimum atomic E-state index is -0.158. The Labute approximate surface area is 161 Å². The van der Waals surface area contributed by atoms with E-state index in [0.29, 0.717) is 37.8 Å². The number of piperazine rings is 1. The van der Waals surface area contributed by atoms with E-state index in [1.54, 1.807) is 0 Å². The molecule has 2 heterocycles. The van der Waals surface area contributed by atoms with Gasteiger partial charge in [-0.05, 0) is 26.8 Å².